The lowest BCUT2D eigenvalue weighted by atomic mass is 9.97. The Morgan fingerprint density at radius 2 is 1.59 bits per heavy atom. The van der Waals surface area contributed by atoms with Gasteiger partial charge in [-0.2, -0.15) is 0 Å². The quantitative estimate of drug-likeness (QED) is 0.781. The maximum atomic E-state index is 12.6. The number of carbonyl (C=O) groups excluding carboxylic acids is 3. The van der Waals surface area contributed by atoms with Gasteiger partial charge in [0.05, 0.1) is 11.3 Å². The van der Waals surface area contributed by atoms with Gasteiger partial charge in [-0.3, -0.25) is 9.59 Å². The topological polar surface area (TPSA) is 75.7 Å². The summed E-state index contributed by atoms with van der Waals surface area (Å²) in [7, 11) is 0. The monoisotopic (exact) mass is 394 g/mol. The minimum Gasteiger partial charge on any atom is -0.452 e. The zero-order valence-corrected chi connectivity index (χ0v) is 16.8. The number of ether oxygens (including phenoxy) is 1. The van der Waals surface area contributed by atoms with Gasteiger partial charge in [-0.1, -0.05) is 30.3 Å². The van der Waals surface area contributed by atoms with Crippen LogP contribution >= 0.6 is 0 Å². The standard InChI is InChI=1S/C23H26N2O4/c1-16-9-8-10-17(2)25(16)21(26)15-29-23(28)19-13-6-7-14-20(19)24-22(27)18-11-4-3-5-12-18/h3-7,11-14,16-17H,8-10,15H2,1-2H3,(H,24,27)/t16-,17+. The van der Waals surface area contributed by atoms with Crippen LogP contribution in [0.15, 0.2) is 54.6 Å². The van der Waals surface area contributed by atoms with Crippen LogP contribution in [0.4, 0.5) is 5.69 Å². The van der Waals surface area contributed by atoms with E-state index in [0.29, 0.717) is 11.3 Å². The average molecular weight is 394 g/mol. The zero-order valence-electron chi connectivity index (χ0n) is 16.8. The molecule has 0 saturated carbocycles. The molecular formula is C23H26N2O4. The molecule has 6 nitrogen and oxygen atoms in total. The molecule has 0 unspecified atom stereocenters. The van der Waals surface area contributed by atoms with E-state index < -0.39 is 5.97 Å². The fraction of sp³-hybridized carbons (Fsp3) is 0.348. The van der Waals surface area contributed by atoms with Gasteiger partial charge in [-0.25, -0.2) is 4.79 Å². The first kappa shape index (κ1) is 20.6. The van der Waals surface area contributed by atoms with Gasteiger partial charge in [0.15, 0.2) is 6.61 Å². The Hall–Kier alpha value is -3.15. The minimum absolute atomic E-state index is 0.141. The molecule has 1 heterocycles. The van der Waals surface area contributed by atoms with Gasteiger partial charge in [-0.15, -0.1) is 0 Å². The van der Waals surface area contributed by atoms with E-state index in [1.165, 1.54) is 0 Å². The number of amides is 2. The highest BCUT2D eigenvalue weighted by molar-refractivity contribution is 6.08. The summed E-state index contributed by atoms with van der Waals surface area (Å²) in [5, 5.41) is 2.74. The SMILES string of the molecule is C[C@@H]1CCC[C@H](C)N1C(=O)COC(=O)c1ccccc1NC(=O)c1ccccc1. The van der Waals surface area contributed by atoms with Crippen LogP contribution < -0.4 is 5.32 Å². The number of rotatable bonds is 5. The van der Waals surface area contributed by atoms with Crippen molar-refractivity contribution in [3.63, 3.8) is 0 Å². The molecule has 0 aromatic heterocycles. The van der Waals surface area contributed by atoms with Crippen LogP contribution in [0.2, 0.25) is 0 Å². The van der Waals surface area contributed by atoms with Gasteiger partial charge in [0.2, 0.25) is 0 Å². The summed E-state index contributed by atoms with van der Waals surface area (Å²) >= 11 is 0. The number of hydrogen-bond donors (Lipinski definition) is 1. The zero-order chi connectivity index (χ0) is 20.8. The summed E-state index contributed by atoms with van der Waals surface area (Å²) in [6.45, 7) is 3.72. The van der Waals surface area contributed by atoms with E-state index in [-0.39, 0.29) is 36.1 Å². The van der Waals surface area contributed by atoms with Crippen LogP contribution in [0.5, 0.6) is 0 Å². The summed E-state index contributed by atoms with van der Waals surface area (Å²) in [5.74, 6) is -1.15. The molecule has 2 aromatic rings. The molecule has 1 aliphatic rings. The second kappa shape index (κ2) is 9.37. The smallest absolute Gasteiger partial charge is 0.340 e. The van der Waals surface area contributed by atoms with Crippen molar-refractivity contribution in [3.05, 3.63) is 65.7 Å². The summed E-state index contributed by atoms with van der Waals surface area (Å²) < 4.78 is 5.29. The van der Waals surface area contributed by atoms with Crippen LogP contribution in [-0.4, -0.2) is 41.4 Å². The number of benzene rings is 2. The fourth-order valence-corrected chi connectivity index (χ4v) is 3.75. The van der Waals surface area contributed by atoms with Crippen molar-refractivity contribution < 1.29 is 19.1 Å². The molecule has 0 bridgehead atoms. The van der Waals surface area contributed by atoms with Crippen molar-refractivity contribution in [2.45, 2.75) is 45.2 Å². The Morgan fingerprint density at radius 3 is 2.28 bits per heavy atom. The second-order valence-corrected chi connectivity index (χ2v) is 7.37. The second-order valence-electron chi connectivity index (χ2n) is 7.37. The molecule has 1 saturated heterocycles. The molecule has 3 rings (SSSR count). The van der Waals surface area contributed by atoms with Crippen LogP contribution in [0, 0.1) is 0 Å². The highest BCUT2D eigenvalue weighted by atomic mass is 16.5. The van der Waals surface area contributed by atoms with Gasteiger partial charge in [0.25, 0.3) is 11.8 Å². The third-order valence-electron chi connectivity index (χ3n) is 5.24. The average Bonchev–Trinajstić information content (AvgIpc) is 2.73. The first-order valence-electron chi connectivity index (χ1n) is 9.91. The summed E-state index contributed by atoms with van der Waals surface area (Å²) in [6, 6.07) is 15.6. The van der Waals surface area contributed by atoms with E-state index in [1.54, 1.807) is 53.4 Å². The van der Waals surface area contributed by atoms with Crippen molar-refractivity contribution >= 4 is 23.5 Å². The summed E-state index contributed by atoms with van der Waals surface area (Å²) in [6.07, 6.45) is 3.01. The molecule has 2 amide bonds. The van der Waals surface area contributed by atoms with Crippen LogP contribution in [0.25, 0.3) is 0 Å². The number of carbonyl (C=O) groups is 3. The summed E-state index contributed by atoms with van der Waals surface area (Å²) in [4.78, 5) is 39.4. The largest absolute Gasteiger partial charge is 0.452 e. The third-order valence-corrected chi connectivity index (χ3v) is 5.24. The first-order valence-corrected chi connectivity index (χ1v) is 9.91. The number of anilines is 1. The molecular weight excluding hydrogens is 368 g/mol. The third kappa shape index (κ3) is 5.02. The predicted octanol–water partition coefficient (Wildman–Crippen LogP) is 3.89. The molecule has 2 atom stereocenters. The molecule has 1 aliphatic heterocycles. The van der Waals surface area contributed by atoms with E-state index in [4.69, 9.17) is 4.74 Å². The molecule has 152 valence electrons. The lowest BCUT2D eigenvalue weighted by molar-refractivity contribution is -0.140. The predicted molar refractivity (Wildman–Crippen MR) is 111 cm³/mol. The number of para-hydroxylation sites is 1. The maximum Gasteiger partial charge on any atom is 0.340 e. The Bertz CT molecular complexity index is 871. The number of esters is 1. The van der Waals surface area contributed by atoms with Crippen molar-refractivity contribution in [1.82, 2.24) is 4.90 Å². The molecule has 0 radical (unpaired) electrons. The number of nitrogens with zero attached hydrogens (tertiary/aromatic N) is 1. The van der Waals surface area contributed by atoms with E-state index in [1.807, 2.05) is 19.9 Å². The van der Waals surface area contributed by atoms with Gasteiger partial charge >= 0.3 is 5.97 Å². The molecule has 0 aliphatic carbocycles. The normalized spacial score (nSPS) is 18.8. The van der Waals surface area contributed by atoms with Crippen molar-refractivity contribution in [1.29, 1.82) is 0 Å². The number of hydrogen-bond acceptors (Lipinski definition) is 4. The van der Waals surface area contributed by atoms with Crippen molar-refractivity contribution in [3.8, 4) is 0 Å². The van der Waals surface area contributed by atoms with E-state index in [9.17, 15) is 14.4 Å². The lowest BCUT2D eigenvalue weighted by Gasteiger charge is -2.38. The Labute approximate surface area is 170 Å². The highest BCUT2D eigenvalue weighted by Gasteiger charge is 2.29. The van der Waals surface area contributed by atoms with Gasteiger partial charge < -0.3 is 15.0 Å². The minimum atomic E-state index is -0.639. The molecule has 1 N–H and O–H groups in total. The van der Waals surface area contributed by atoms with Gasteiger partial charge in [0.1, 0.15) is 0 Å². The fourth-order valence-electron chi connectivity index (χ4n) is 3.75. The lowest BCUT2D eigenvalue weighted by Crippen LogP contribution is -2.49. The van der Waals surface area contributed by atoms with E-state index in [2.05, 4.69) is 5.32 Å². The highest BCUT2D eigenvalue weighted by Crippen LogP contribution is 2.23. The Balaban J connectivity index is 1.65. The number of likely N-dealkylation sites (tertiary alicyclic amines) is 1. The Morgan fingerprint density at radius 1 is 0.966 bits per heavy atom. The molecule has 2 aromatic carbocycles. The van der Waals surface area contributed by atoms with Crippen molar-refractivity contribution in [2.75, 3.05) is 11.9 Å². The molecule has 6 heteroatoms. The Kier molecular flexibility index (Phi) is 6.65. The maximum absolute atomic E-state index is 12.6. The number of nitrogens with one attached hydrogen (secondary N) is 1. The van der Waals surface area contributed by atoms with Crippen LogP contribution in [-0.2, 0) is 9.53 Å². The molecule has 29 heavy (non-hydrogen) atoms. The van der Waals surface area contributed by atoms with Crippen LogP contribution in [0.1, 0.15) is 53.8 Å². The first-order chi connectivity index (χ1) is 14.0. The molecule has 0 spiro atoms. The summed E-state index contributed by atoms with van der Waals surface area (Å²) in [5.41, 5.74) is 1.04. The van der Waals surface area contributed by atoms with E-state index >= 15 is 0 Å². The number of piperidine rings is 1. The van der Waals surface area contributed by atoms with Gasteiger partial charge in [-0.05, 0) is 57.4 Å². The molecule has 1 fully saturated rings. The van der Waals surface area contributed by atoms with Gasteiger partial charge in [0, 0.05) is 17.6 Å². The van der Waals surface area contributed by atoms with Crippen LogP contribution in [0.3, 0.4) is 0 Å². The van der Waals surface area contributed by atoms with Crippen molar-refractivity contribution in [2.24, 2.45) is 0 Å². The van der Waals surface area contributed by atoms with E-state index in [0.717, 1.165) is 19.3 Å².